The number of rotatable bonds is 6. The minimum atomic E-state index is 0.156. The zero-order valence-corrected chi connectivity index (χ0v) is 14.5. The number of carbonyl (C=O) groups is 1. The largest absolute Gasteiger partial charge is 0.497 e. The lowest BCUT2D eigenvalue weighted by molar-refractivity contribution is -0.122. The molecule has 2 atom stereocenters. The summed E-state index contributed by atoms with van der Waals surface area (Å²) in [6.45, 7) is 2.73. The maximum Gasteiger partial charge on any atom is 0.220 e. The van der Waals surface area contributed by atoms with E-state index in [4.69, 9.17) is 9.47 Å². The van der Waals surface area contributed by atoms with E-state index in [1.807, 2.05) is 12.1 Å². The van der Waals surface area contributed by atoms with Gasteiger partial charge in [-0.25, -0.2) is 0 Å². The fourth-order valence-electron chi connectivity index (χ4n) is 3.60. The van der Waals surface area contributed by atoms with E-state index in [-0.39, 0.29) is 18.1 Å². The Hall–Kier alpha value is -1.75. The van der Waals surface area contributed by atoms with Crippen molar-refractivity contribution in [2.75, 3.05) is 31.7 Å². The molecule has 0 aromatic heterocycles. The van der Waals surface area contributed by atoms with Gasteiger partial charge >= 0.3 is 0 Å². The third kappa shape index (κ3) is 4.63. The predicted octanol–water partition coefficient (Wildman–Crippen LogP) is 2.74. The Bertz CT molecular complexity index is 543. The van der Waals surface area contributed by atoms with Crippen LogP contribution in [0, 0.1) is 0 Å². The lowest BCUT2D eigenvalue weighted by Crippen LogP contribution is -2.47. The van der Waals surface area contributed by atoms with Gasteiger partial charge in [-0.3, -0.25) is 4.79 Å². The van der Waals surface area contributed by atoms with Crippen LogP contribution in [0.5, 0.6) is 5.75 Å². The third-order valence-corrected chi connectivity index (χ3v) is 4.92. The minimum absolute atomic E-state index is 0.156. The highest BCUT2D eigenvalue weighted by molar-refractivity contribution is 5.76. The number of anilines is 1. The summed E-state index contributed by atoms with van der Waals surface area (Å²) in [4.78, 5) is 14.5. The maximum absolute atomic E-state index is 12.2. The molecule has 5 heteroatoms. The quantitative estimate of drug-likeness (QED) is 0.870. The minimum Gasteiger partial charge on any atom is -0.497 e. The Morgan fingerprint density at radius 3 is 3.08 bits per heavy atom. The van der Waals surface area contributed by atoms with Crippen molar-refractivity contribution in [2.24, 2.45) is 0 Å². The van der Waals surface area contributed by atoms with Crippen LogP contribution in [0.25, 0.3) is 0 Å². The number of hydrogen-bond acceptors (Lipinski definition) is 4. The van der Waals surface area contributed by atoms with Crippen LogP contribution < -0.4 is 15.0 Å². The molecule has 24 heavy (non-hydrogen) atoms. The normalized spacial score (nSPS) is 24.0. The second-order valence-corrected chi connectivity index (χ2v) is 6.73. The number of carbonyl (C=O) groups excluding carboxylic acids is 1. The number of benzene rings is 1. The van der Waals surface area contributed by atoms with Gasteiger partial charge in [0.15, 0.2) is 0 Å². The first kappa shape index (κ1) is 17.1. The van der Waals surface area contributed by atoms with E-state index in [0.717, 1.165) is 63.2 Å². The van der Waals surface area contributed by atoms with Gasteiger partial charge in [-0.2, -0.15) is 0 Å². The van der Waals surface area contributed by atoms with Gasteiger partial charge in [0, 0.05) is 43.9 Å². The van der Waals surface area contributed by atoms with Crippen molar-refractivity contribution in [3.8, 4) is 5.75 Å². The van der Waals surface area contributed by atoms with E-state index in [2.05, 4.69) is 22.3 Å². The second kappa shape index (κ2) is 8.38. The molecule has 1 aromatic carbocycles. The maximum atomic E-state index is 12.2. The Labute approximate surface area is 144 Å². The molecular weight excluding hydrogens is 304 g/mol. The average molecular weight is 332 g/mol. The summed E-state index contributed by atoms with van der Waals surface area (Å²) in [5.41, 5.74) is 1.16. The first-order valence-corrected chi connectivity index (χ1v) is 9.04. The zero-order valence-electron chi connectivity index (χ0n) is 14.5. The van der Waals surface area contributed by atoms with Crippen LogP contribution in [-0.4, -0.2) is 44.9 Å². The van der Waals surface area contributed by atoms with Crippen molar-refractivity contribution < 1.29 is 14.3 Å². The van der Waals surface area contributed by atoms with Gasteiger partial charge in [0.05, 0.1) is 13.2 Å². The number of amides is 1. The SMILES string of the molecule is COc1cccc(N2CCC[C@@H](NC(=O)CC[C@H]3CCCO3)C2)c1. The lowest BCUT2D eigenvalue weighted by atomic mass is 10.0. The molecule has 0 bridgehead atoms. The van der Waals surface area contributed by atoms with E-state index < -0.39 is 0 Å². The summed E-state index contributed by atoms with van der Waals surface area (Å²) >= 11 is 0. The Morgan fingerprint density at radius 1 is 1.38 bits per heavy atom. The smallest absolute Gasteiger partial charge is 0.220 e. The topological polar surface area (TPSA) is 50.8 Å². The van der Waals surface area contributed by atoms with E-state index >= 15 is 0 Å². The summed E-state index contributed by atoms with van der Waals surface area (Å²) in [5, 5.41) is 3.20. The van der Waals surface area contributed by atoms with Crippen LogP contribution in [0.15, 0.2) is 24.3 Å². The van der Waals surface area contributed by atoms with Crippen molar-refractivity contribution in [2.45, 2.75) is 50.7 Å². The van der Waals surface area contributed by atoms with Crippen molar-refractivity contribution in [3.05, 3.63) is 24.3 Å². The van der Waals surface area contributed by atoms with Crippen LogP contribution >= 0.6 is 0 Å². The summed E-state index contributed by atoms with van der Waals surface area (Å²) < 4.78 is 10.9. The van der Waals surface area contributed by atoms with Crippen molar-refractivity contribution >= 4 is 11.6 Å². The molecule has 1 N–H and O–H groups in total. The van der Waals surface area contributed by atoms with E-state index in [9.17, 15) is 4.79 Å². The Balaban J connectivity index is 1.48. The van der Waals surface area contributed by atoms with Crippen LogP contribution in [0.1, 0.15) is 38.5 Å². The van der Waals surface area contributed by atoms with Crippen LogP contribution in [0.2, 0.25) is 0 Å². The van der Waals surface area contributed by atoms with Gasteiger partial charge in [-0.15, -0.1) is 0 Å². The molecule has 132 valence electrons. The molecule has 1 amide bonds. The number of methoxy groups -OCH3 is 1. The first-order valence-electron chi connectivity index (χ1n) is 9.04. The molecule has 3 rings (SSSR count). The molecule has 0 aliphatic carbocycles. The lowest BCUT2D eigenvalue weighted by Gasteiger charge is -2.35. The third-order valence-electron chi connectivity index (χ3n) is 4.92. The molecule has 2 saturated heterocycles. The molecule has 2 aliphatic rings. The van der Waals surface area contributed by atoms with Crippen molar-refractivity contribution in [1.82, 2.24) is 5.32 Å². The summed E-state index contributed by atoms with van der Waals surface area (Å²) in [7, 11) is 1.69. The van der Waals surface area contributed by atoms with Gasteiger partial charge in [-0.1, -0.05) is 6.07 Å². The highest BCUT2D eigenvalue weighted by Gasteiger charge is 2.23. The van der Waals surface area contributed by atoms with Gasteiger partial charge < -0.3 is 19.7 Å². The zero-order chi connectivity index (χ0) is 16.8. The van der Waals surface area contributed by atoms with Gasteiger partial charge in [0.25, 0.3) is 0 Å². The molecule has 1 aromatic rings. The van der Waals surface area contributed by atoms with E-state index in [1.54, 1.807) is 7.11 Å². The summed E-state index contributed by atoms with van der Waals surface area (Å²) in [6, 6.07) is 8.35. The second-order valence-electron chi connectivity index (χ2n) is 6.73. The fourth-order valence-corrected chi connectivity index (χ4v) is 3.60. The fraction of sp³-hybridized carbons (Fsp3) is 0.632. The Kier molecular flexibility index (Phi) is 5.96. The molecular formula is C19H28N2O3. The number of nitrogens with one attached hydrogen (secondary N) is 1. The van der Waals surface area contributed by atoms with Crippen LogP contribution in [0.4, 0.5) is 5.69 Å². The molecule has 2 fully saturated rings. The van der Waals surface area contributed by atoms with E-state index in [0.29, 0.717) is 6.42 Å². The van der Waals surface area contributed by atoms with Gasteiger partial charge in [-0.05, 0) is 44.2 Å². The number of nitrogens with zero attached hydrogens (tertiary/aromatic N) is 1. The van der Waals surface area contributed by atoms with E-state index in [1.165, 1.54) is 0 Å². The molecule has 5 nitrogen and oxygen atoms in total. The van der Waals surface area contributed by atoms with Crippen molar-refractivity contribution in [1.29, 1.82) is 0 Å². The highest BCUT2D eigenvalue weighted by Crippen LogP contribution is 2.24. The summed E-state index contributed by atoms with van der Waals surface area (Å²) in [6.07, 6.45) is 6.07. The van der Waals surface area contributed by atoms with Crippen LogP contribution in [-0.2, 0) is 9.53 Å². The average Bonchev–Trinajstić information content (AvgIpc) is 3.14. The Morgan fingerprint density at radius 2 is 2.29 bits per heavy atom. The first-order chi connectivity index (χ1) is 11.7. The molecule has 2 aliphatic heterocycles. The molecule has 0 spiro atoms. The summed E-state index contributed by atoms with van der Waals surface area (Å²) in [5.74, 6) is 1.03. The number of piperidine rings is 1. The molecule has 0 radical (unpaired) electrons. The molecule has 0 unspecified atom stereocenters. The van der Waals surface area contributed by atoms with Gasteiger partial charge in [0.2, 0.25) is 5.91 Å². The number of hydrogen-bond donors (Lipinski definition) is 1. The monoisotopic (exact) mass is 332 g/mol. The van der Waals surface area contributed by atoms with Crippen LogP contribution in [0.3, 0.4) is 0 Å². The molecule has 0 saturated carbocycles. The predicted molar refractivity (Wildman–Crippen MR) is 94.6 cm³/mol. The number of ether oxygens (including phenoxy) is 2. The van der Waals surface area contributed by atoms with Crippen molar-refractivity contribution in [3.63, 3.8) is 0 Å². The van der Waals surface area contributed by atoms with Gasteiger partial charge in [0.1, 0.15) is 5.75 Å². The highest BCUT2D eigenvalue weighted by atomic mass is 16.5. The molecule has 2 heterocycles. The standard InChI is InChI=1S/C19H28N2O3/c1-23-18-7-2-6-16(13-18)21-11-3-5-15(14-21)20-19(22)10-9-17-8-4-12-24-17/h2,6-7,13,15,17H,3-5,8-12,14H2,1H3,(H,20,22)/t15-,17-/m1/s1.